The van der Waals surface area contributed by atoms with Gasteiger partial charge in [0.15, 0.2) is 0 Å². The molecule has 122 valence electrons. The number of benzene rings is 2. The molecule has 2 rings (SSSR count). The zero-order valence-electron chi connectivity index (χ0n) is 13.3. The second kappa shape index (κ2) is 8.11. The van der Waals surface area contributed by atoms with Gasteiger partial charge in [-0.05, 0) is 43.4 Å². The molecule has 0 aliphatic rings. The van der Waals surface area contributed by atoms with E-state index in [-0.39, 0.29) is 6.04 Å². The van der Waals surface area contributed by atoms with Crippen LogP contribution >= 0.6 is 11.6 Å². The summed E-state index contributed by atoms with van der Waals surface area (Å²) in [4.78, 5) is 13.0. The molecule has 0 aliphatic carbocycles. The van der Waals surface area contributed by atoms with E-state index in [1.807, 2.05) is 50.5 Å². The number of carboxylic acids is 1. The van der Waals surface area contributed by atoms with Crippen molar-refractivity contribution in [3.63, 3.8) is 0 Å². The van der Waals surface area contributed by atoms with E-state index in [9.17, 15) is 4.79 Å². The van der Waals surface area contributed by atoms with Gasteiger partial charge in [0.2, 0.25) is 0 Å². The fourth-order valence-corrected chi connectivity index (χ4v) is 2.70. The van der Waals surface area contributed by atoms with Crippen LogP contribution in [0.15, 0.2) is 48.5 Å². The third-order valence-electron chi connectivity index (χ3n) is 3.76. The largest absolute Gasteiger partial charge is 0.478 e. The van der Waals surface area contributed by atoms with Gasteiger partial charge in [0.05, 0.1) is 5.56 Å². The quantitative estimate of drug-likeness (QED) is 0.815. The van der Waals surface area contributed by atoms with Crippen molar-refractivity contribution in [2.75, 3.05) is 20.6 Å². The lowest BCUT2D eigenvalue weighted by molar-refractivity contribution is 0.0697. The highest BCUT2D eigenvalue weighted by atomic mass is 35.5. The lowest BCUT2D eigenvalue weighted by atomic mass is 10.1. The summed E-state index contributed by atoms with van der Waals surface area (Å²) < 4.78 is 0. The van der Waals surface area contributed by atoms with Crippen LogP contribution in [0.5, 0.6) is 0 Å². The Morgan fingerprint density at radius 2 is 1.83 bits per heavy atom. The Morgan fingerprint density at radius 3 is 2.39 bits per heavy atom. The number of carbonyl (C=O) groups is 1. The second-order valence-electron chi connectivity index (χ2n) is 5.63. The van der Waals surface area contributed by atoms with Crippen LogP contribution in [0.3, 0.4) is 0 Å². The zero-order valence-corrected chi connectivity index (χ0v) is 14.0. The summed E-state index contributed by atoms with van der Waals surface area (Å²) in [7, 11) is 4.05. The van der Waals surface area contributed by atoms with E-state index < -0.39 is 5.97 Å². The molecule has 0 saturated heterocycles. The third kappa shape index (κ3) is 4.79. The minimum atomic E-state index is -0.907. The summed E-state index contributed by atoms with van der Waals surface area (Å²) in [6, 6.07) is 14.9. The molecule has 2 aromatic carbocycles. The summed E-state index contributed by atoms with van der Waals surface area (Å²) in [5.74, 6) is -0.907. The molecular weight excluding hydrogens is 312 g/mol. The fraction of sp³-hybridized carbons (Fsp3) is 0.278. The zero-order chi connectivity index (χ0) is 16.8. The maximum Gasteiger partial charge on any atom is 0.335 e. The van der Waals surface area contributed by atoms with Crippen molar-refractivity contribution in [2.45, 2.75) is 12.6 Å². The first-order valence-corrected chi connectivity index (χ1v) is 7.80. The molecule has 5 heteroatoms. The first kappa shape index (κ1) is 17.5. The molecule has 1 unspecified atom stereocenters. The molecule has 0 aliphatic heterocycles. The summed E-state index contributed by atoms with van der Waals surface area (Å²) in [6.07, 6.45) is 0. The average Bonchev–Trinajstić information content (AvgIpc) is 2.53. The highest BCUT2D eigenvalue weighted by Crippen LogP contribution is 2.25. The van der Waals surface area contributed by atoms with Gasteiger partial charge in [-0.25, -0.2) is 4.79 Å². The fourth-order valence-electron chi connectivity index (χ4n) is 2.43. The van der Waals surface area contributed by atoms with Crippen molar-refractivity contribution in [1.82, 2.24) is 10.2 Å². The molecule has 0 heterocycles. The van der Waals surface area contributed by atoms with Crippen LogP contribution in [0, 0.1) is 0 Å². The number of nitrogens with zero attached hydrogens (tertiary/aromatic N) is 1. The van der Waals surface area contributed by atoms with Crippen molar-refractivity contribution >= 4 is 17.6 Å². The molecule has 4 nitrogen and oxygen atoms in total. The smallest absolute Gasteiger partial charge is 0.335 e. The molecular formula is C18H21ClN2O2. The number of likely N-dealkylation sites (N-methyl/N-ethyl adjacent to an activating group) is 1. The molecule has 2 aromatic rings. The maximum absolute atomic E-state index is 10.8. The first-order valence-electron chi connectivity index (χ1n) is 7.43. The average molecular weight is 333 g/mol. The molecule has 0 amide bonds. The van der Waals surface area contributed by atoms with E-state index in [2.05, 4.69) is 10.2 Å². The SMILES string of the molecule is CN(C)C(CNCc1ccc(C(=O)O)cc1)c1ccccc1Cl. The predicted molar refractivity (Wildman–Crippen MR) is 93.0 cm³/mol. The van der Waals surface area contributed by atoms with Gasteiger partial charge < -0.3 is 15.3 Å². The number of aromatic carboxylic acids is 1. The first-order chi connectivity index (χ1) is 11.0. The van der Waals surface area contributed by atoms with Gasteiger partial charge in [0.25, 0.3) is 0 Å². The molecule has 0 spiro atoms. The lowest BCUT2D eigenvalue weighted by Gasteiger charge is -2.26. The van der Waals surface area contributed by atoms with E-state index in [0.717, 1.165) is 22.7 Å². The monoisotopic (exact) mass is 332 g/mol. The summed E-state index contributed by atoms with van der Waals surface area (Å²) in [5, 5.41) is 13.1. The molecule has 0 radical (unpaired) electrons. The highest BCUT2D eigenvalue weighted by Gasteiger charge is 2.16. The molecule has 23 heavy (non-hydrogen) atoms. The van der Waals surface area contributed by atoms with Gasteiger partial charge in [-0.2, -0.15) is 0 Å². The molecule has 0 saturated carbocycles. The van der Waals surface area contributed by atoms with E-state index >= 15 is 0 Å². The van der Waals surface area contributed by atoms with Crippen LogP contribution in [-0.4, -0.2) is 36.6 Å². The Hall–Kier alpha value is -1.88. The Labute approximate surface area is 141 Å². The van der Waals surface area contributed by atoms with Crippen LogP contribution < -0.4 is 5.32 Å². The lowest BCUT2D eigenvalue weighted by Crippen LogP contribution is -2.31. The van der Waals surface area contributed by atoms with E-state index in [0.29, 0.717) is 12.1 Å². The molecule has 0 fully saturated rings. The number of hydrogen-bond acceptors (Lipinski definition) is 3. The minimum Gasteiger partial charge on any atom is -0.478 e. The number of nitrogens with one attached hydrogen (secondary N) is 1. The molecule has 1 atom stereocenters. The van der Waals surface area contributed by atoms with E-state index in [4.69, 9.17) is 16.7 Å². The van der Waals surface area contributed by atoms with Gasteiger partial charge in [0.1, 0.15) is 0 Å². The number of halogens is 1. The maximum atomic E-state index is 10.8. The topological polar surface area (TPSA) is 52.6 Å². The van der Waals surface area contributed by atoms with Gasteiger partial charge in [-0.3, -0.25) is 0 Å². The summed E-state index contributed by atoms with van der Waals surface area (Å²) >= 11 is 6.30. The van der Waals surface area contributed by atoms with Crippen molar-refractivity contribution in [1.29, 1.82) is 0 Å². The van der Waals surface area contributed by atoms with Crippen molar-refractivity contribution in [3.8, 4) is 0 Å². The Bertz CT molecular complexity index is 656. The van der Waals surface area contributed by atoms with Crippen molar-refractivity contribution in [2.24, 2.45) is 0 Å². The predicted octanol–water partition coefficient (Wildman–Crippen LogP) is 3.43. The van der Waals surface area contributed by atoms with Crippen molar-refractivity contribution in [3.05, 3.63) is 70.2 Å². The highest BCUT2D eigenvalue weighted by molar-refractivity contribution is 6.31. The van der Waals surface area contributed by atoms with Crippen LogP contribution in [0.1, 0.15) is 27.5 Å². The summed E-state index contributed by atoms with van der Waals surface area (Å²) in [5.41, 5.74) is 2.44. The minimum absolute atomic E-state index is 0.169. The normalized spacial score (nSPS) is 12.3. The van der Waals surface area contributed by atoms with E-state index in [1.54, 1.807) is 12.1 Å². The van der Waals surface area contributed by atoms with E-state index in [1.165, 1.54) is 0 Å². The Morgan fingerprint density at radius 1 is 1.17 bits per heavy atom. The second-order valence-corrected chi connectivity index (χ2v) is 6.04. The Kier molecular flexibility index (Phi) is 6.16. The molecule has 0 aromatic heterocycles. The van der Waals surface area contributed by atoms with Gasteiger partial charge in [-0.1, -0.05) is 41.9 Å². The van der Waals surface area contributed by atoms with Crippen molar-refractivity contribution < 1.29 is 9.90 Å². The Balaban J connectivity index is 1.97. The van der Waals surface area contributed by atoms with Crippen LogP contribution in [0.4, 0.5) is 0 Å². The molecule has 0 bridgehead atoms. The van der Waals surface area contributed by atoms with Gasteiger partial charge in [-0.15, -0.1) is 0 Å². The van der Waals surface area contributed by atoms with Crippen LogP contribution in [-0.2, 0) is 6.54 Å². The number of hydrogen-bond donors (Lipinski definition) is 2. The van der Waals surface area contributed by atoms with Crippen LogP contribution in [0.2, 0.25) is 5.02 Å². The number of carboxylic acid groups (broad SMARTS) is 1. The molecule has 2 N–H and O–H groups in total. The van der Waals surface area contributed by atoms with Crippen LogP contribution in [0.25, 0.3) is 0 Å². The third-order valence-corrected chi connectivity index (χ3v) is 4.10. The standard InChI is InChI=1S/C18H21ClN2O2/c1-21(2)17(15-5-3-4-6-16(15)19)12-20-11-13-7-9-14(10-8-13)18(22)23/h3-10,17,20H,11-12H2,1-2H3,(H,22,23). The summed E-state index contributed by atoms with van der Waals surface area (Å²) in [6.45, 7) is 1.42. The number of rotatable bonds is 7. The van der Waals surface area contributed by atoms with Gasteiger partial charge in [0, 0.05) is 24.2 Å². The van der Waals surface area contributed by atoms with Gasteiger partial charge >= 0.3 is 5.97 Å².